The van der Waals surface area contributed by atoms with Gasteiger partial charge in [-0.15, -0.1) is 0 Å². The van der Waals surface area contributed by atoms with Crippen LogP contribution in [0.4, 0.5) is 0 Å². The molecule has 2 heteroatoms. The zero-order valence-corrected chi connectivity index (χ0v) is 12.6. The zero-order valence-electron chi connectivity index (χ0n) is 12.6. The summed E-state index contributed by atoms with van der Waals surface area (Å²) in [5.41, 5.74) is 0.404. The summed E-state index contributed by atoms with van der Waals surface area (Å²) in [5, 5.41) is 3.75. The minimum atomic E-state index is 0.404. The van der Waals surface area contributed by atoms with E-state index in [9.17, 15) is 0 Å². The normalized spacial score (nSPS) is 26.5. The van der Waals surface area contributed by atoms with Gasteiger partial charge in [-0.25, -0.2) is 0 Å². The van der Waals surface area contributed by atoms with Crippen molar-refractivity contribution in [2.45, 2.75) is 71.9 Å². The molecule has 0 heterocycles. The summed E-state index contributed by atoms with van der Waals surface area (Å²) in [7, 11) is 2.31. The van der Waals surface area contributed by atoms with Gasteiger partial charge in [0.25, 0.3) is 0 Å². The van der Waals surface area contributed by atoms with Gasteiger partial charge in [-0.3, -0.25) is 0 Å². The molecule has 17 heavy (non-hydrogen) atoms. The molecule has 0 amide bonds. The van der Waals surface area contributed by atoms with Crippen LogP contribution in [0.3, 0.4) is 0 Å². The smallest absolute Gasteiger partial charge is 0.0246 e. The van der Waals surface area contributed by atoms with Crippen molar-refractivity contribution >= 4 is 0 Å². The van der Waals surface area contributed by atoms with Crippen molar-refractivity contribution in [1.29, 1.82) is 0 Å². The summed E-state index contributed by atoms with van der Waals surface area (Å²) >= 11 is 0. The van der Waals surface area contributed by atoms with E-state index < -0.39 is 0 Å². The minimum absolute atomic E-state index is 0.404. The predicted octanol–water partition coefficient (Wildman–Crippen LogP) is 3.28. The molecule has 2 unspecified atom stereocenters. The molecule has 102 valence electrons. The zero-order chi connectivity index (χ0) is 12.9. The first kappa shape index (κ1) is 15.0. The maximum atomic E-state index is 3.75. The number of likely N-dealkylation sites (N-methyl/N-ethyl adjacent to an activating group) is 1. The summed E-state index contributed by atoms with van der Waals surface area (Å²) in [6.45, 7) is 11.6. The molecule has 0 aliphatic heterocycles. The molecule has 1 rings (SSSR count). The van der Waals surface area contributed by atoms with Crippen LogP contribution in [0, 0.1) is 5.41 Å². The number of hydrogen-bond acceptors (Lipinski definition) is 2. The third-order valence-electron chi connectivity index (χ3n) is 3.68. The highest BCUT2D eigenvalue weighted by Crippen LogP contribution is 2.25. The van der Waals surface area contributed by atoms with Crippen LogP contribution in [-0.4, -0.2) is 37.1 Å². The Morgan fingerprint density at radius 2 is 1.82 bits per heavy atom. The van der Waals surface area contributed by atoms with Crippen molar-refractivity contribution in [3.63, 3.8) is 0 Å². The molecular weight excluding hydrogens is 208 g/mol. The van der Waals surface area contributed by atoms with E-state index >= 15 is 0 Å². The van der Waals surface area contributed by atoms with E-state index in [1.807, 2.05) is 0 Å². The van der Waals surface area contributed by atoms with Crippen LogP contribution in [0.1, 0.15) is 59.8 Å². The first-order valence-corrected chi connectivity index (χ1v) is 7.37. The van der Waals surface area contributed by atoms with Crippen molar-refractivity contribution in [3.8, 4) is 0 Å². The fourth-order valence-electron chi connectivity index (χ4n) is 3.07. The number of nitrogens with zero attached hydrogens (tertiary/aromatic N) is 1. The van der Waals surface area contributed by atoms with Gasteiger partial charge in [0.1, 0.15) is 0 Å². The minimum Gasteiger partial charge on any atom is -0.312 e. The average Bonchev–Trinajstić information content (AvgIpc) is 2.24. The van der Waals surface area contributed by atoms with Gasteiger partial charge >= 0.3 is 0 Å². The van der Waals surface area contributed by atoms with Gasteiger partial charge in [-0.05, 0) is 38.3 Å². The quantitative estimate of drug-likeness (QED) is 0.793. The summed E-state index contributed by atoms with van der Waals surface area (Å²) in [6.07, 6.45) is 6.78. The highest BCUT2D eigenvalue weighted by molar-refractivity contribution is 4.88. The molecule has 0 aromatic heterocycles. The molecule has 0 spiro atoms. The molecule has 0 saturated heterocycles. The van der Waals surface area contributed by atoms with Crippen LogP contribution in [-0.2, 0) is 0 Å². The SMILES string of the molecule is CCCNC1CCCCC1N(C)CC(C)(C)C. The van der Waals surface area contributed by atoms with Crippen LogP contribution in [0.15, 0.2) is 0 Å². The molecule has 1 aliphatic rings. The summed E-state index contributed by atoms with van der Waals surface area (Å²) in [4.78, 5) is 2.59. The van der Waals surface area contributed by atoms with Gasteiger partial charge in [0.05, 0.1) is 0 Å². The lowest BCUT2D eigenvalue weighted by atomic mass is 9.87. The van der Waals surface area contributed by atoms with E-state index in [1.54, 1.807) is 0 Å². The first-order chi connectivity index (χ1) is 7.94. The Labute approximate surface area is 108 Å². The predicted molar refractivity (Wildman–Crippen MR) is 76.4 cm³/mol. The van der Waals surface area contributed by atoms with Crippen molar-refractivity contribution in [1.82, 2.24) is 10.2 Å². The lowest BCUT2D eigenvalue weighted by Gasteiger charge is -2.41. The largest absolute Gasteiger partial charge is 0.312 e. The Balaban J connectivity index is 2.51. The van der Waals surface area contributed by atoms with Crippen LogP contribution in [0.25, 0.3) is 0 Å². The number of rotatable bonds is 5. The third kappa shape index (κ3) is 5.39. The Morgan fingerprint density at radius 1 is 1.18 bits per heavy atom. The van der Waals surface area contributed by atoms with Crippen molar-refractivity contribution in [2.75, 3.05) is 20.1 Å². The van der Waals surface area contributed by atoms with Gasteiger partial charge in [-0.2, -0.15) is 0 Å². The molecule has 1 fully saturated rings. The Kier molecular flexibility index (Phi) is 5.94. The molecular formula is C15H32N2. The maximum Gasteiger partial charge on any atom is 0.0246 e. The Bertz CT molecular complexity index is 207. The topological polar surface area (TPSA) is 15.3 Å². The van der Waals surface area contributed by atoms with E-state index in [4.69, 9.17) is 0 Å². The van der Waals surface area contributed by atoms with Gasteiger partial charge < -0.3 is 10.2 Å². The fraction of sp³-hybridized carbons (Fsp3) is 1.00. The van der Waals surface area contributed by atoms with Gasteiger partial charge in [0, 0.05) is 18.6 Å². The highest BCUT2D eigenvalue weighted by Gasteiger charge is 2.29. The molecule has 2 atom stereocenters. The third-order valence-corrected chi connectivity index (χ3v) is 3.68. The van der Waals surface area contributed by atoms with Crippen LogP contribution < -0.4 is 5.32 Å². The second-order valence-electron chi connectivity index (χ2n) is 6.89. The van der Waals surface area contributed by atoms with E-state index in [1.165, 1.54) is 45.2 Å². The van der Waals surface area contributed by atoms with Crippen molar-refractivity contribution in [3.05, 3.63) is 0 Å². The lowest BCUT2D eigenvalue weighted by Crippen LogP contribution is -2.52. The number of hydrogen-bond donors (Lipinski definition) is 1. The maximum absolute atomic E-state index is 3.75. The second-order valence-corrected chi connectivity index (χ2v) is 6.89. The van der Waals surface area contributed by atoms with Crippen molar-refractivity contribution in [2.24, 2.45) is 5.41 Å². The van der Waals surface area contributed by atoms with E-state index in [0.717, 1.165) is 12.1 Å². The van der Waals surface area contributed by atoms with Gasteiger partial charge in [-0.1, -0.05) is 40.5 Å². The molecule has 1 N–H and O–H groups in total. The first-order valence-electron chi connectivity index (χ1n) is 7.37. The van der Waals surface area contributed by atoms with E-state index in [2.05, 4.69) is 45.0 Å². The van der Waals surface area contributed by atoms with Crippen molar-refractivity contribution < 1.29 is 0 Å². The molecule has 0 radical (unpaired) electrons. The average molecular weight is 240 g/mol. The lowest BCUT2D eigenvalue weighted by molar-refractivity contribution is 0.112. The summed E-state index contributed by atoms with van der Waals surface area (Å²) in [6, 6.07) is 1.46. The number of nitrogens with one attached hydrogen (secondary N) is 1. The molecule has 0 aromatic carbocycles. The van der Waals surface area contributed by atoms with E-state index in [0.29, 0.717) is 5.41 Å². The van der Waals surface area contributed by atoms with Crippen LogP contribution >= 0.6 is 0 Å². The molecule has 1 aliphatic carbocycles. The molecule has 1 saturated carbocycles. The standard InChI is InChI=1S/C15H32N2/c1-6-11-16-13-9-7-8-10-14(13)17(5)12-15(2,3)4/h13-14,16H,6-12H2,1-5H3. The summed E-state index contributed by atoms with van der Waals surface area (Å²) < 4.78 is 0. The Hall–Kier alpha value is -0.0800. The molecule has 2 nitrogen and oxygen atoms in total. The highest BCUT2D eigenvalue weighted by atomic mass is 15.2. The second kappa shape index (κ2) is 6.75. The Morgan fingerprint density at radius 3 is 2.41 bits per heavy atom. The molecule has 0 bridgehead atoms. The van der Waals surface area contributed by atoms with Gasteiger partial charge in [0.2, 0.25) is 0 Å². The van der Waals surface area contributed by atoms with E-state index in [-0.39, 0.29) is 0 Å². The summed E-state index contributed by atoms with van der Waals surface area (Å²) in [5.74, 6) is 0. The van der Waals surface area contributed by atoms with Gasteiger partial charge in [0.15, 0.2) is 0 Å². The van der Waals surface area contributed by atoms with Crippen LogP contribution in [0.5, 0.6) is 0 Å². The fourth-order valence-corrected chi connectivity index (χ4v) is 3.07. The molecule has 0 aromatic rings. The van der Waals surface area contributed by atoms with Crippen LogP contribution in [0.2, 0.25) is 0 Å². The monoisotopic (exact) mass is 240 g/mol.